The van der Waals surface area contributed by atoms with Crippen LogP contribution in [-0.4, -0.2) is 35.1 Å². The van der Waals surface area contributed by atoms with Crippen LogP contribution >= 0.6 is 0 Å². The number of nitrogens with one attached hydrogen (secondary N) is 1. The van der Waals surface area contributed by atoms with Gasteiger partial charge in [0, 0.05) is 24.8 Å². The first-order chi connectivity index (χ1) is 10.1. The molecule has 0 bridgehead atoms. The summed E-state index contributed by atoms with van der Waals surface area (Å²) in [6.45, 7) is 10.9. The third-order valence-corrected chi connectivity index (χ3v) is 4.60. The van der Waals surface area contributed by atoms with Gasteiger partial charge in [0.1, 0.15) is 0 Å². The SMILES string of the molecule is CCCN1CCC(C(C)Nc2ccc(=O)n(CC)c2)CC1. The smallest absolute Gasteiger partial charge is 0.250 e. The van der Waals surface area contributed by atoms with Gasteiger partial charge in [-0.05, 0) is 64.7 Å². The highest BCUT2D eigenvalue weighted by atomic mass is 16.1. The highest BCUT2D eigenvalue weighted by molar-refractivity contribution is 5.41. The summed E-state index contributed by atoms with van der Waals surface area (Å²) in [7, 11) is 0. The predicted molar refractivity (Wildman–Crippen MR) is 88.9 cm³/mol. The van der Waals surface area contributed by atoms with Gasteiger partial charge < -0.3 is 14.8 Å². The lowest BCUT2D eigenvalue weighted by atomic mass is 9.90. The molecular weight excluding hydrogens is 262 g/mol. The number of aryl methyl sites for hydroxylation is 1. The van der Waals surface area contributed by atoms with Gasteiger partial charge in [-0.1, -0.05) is 6.92 Å². The Balaban J connectivity index is 1.90. The van der Waals surface area contributed by atoms with Crippen LogP contribution < -0.4 is 10.9 Å². The summed E-state index contributed by atoms with van der Waals surface area (Å²) >= 11 is 0. The van der Waals surface area contributed by atoms with Crippen LogP contribution in [-0.2, 0) is 6.54 Å². The molecule has 1 aromatic heterocycles. The second kappa shape index (κ2) is 7.64. The van der Waals surface area contributed by atoms with Gasteiger partial charge in [-0.3, -0.25) is 4.79 Å². The Morgan fingerprint density at radius 1 is 1.29 bits per heavy atom. The molecule has 2 rings (SSSR count). The van der Waals surface area contributed by atoms with E-state index in [2.05, 4.69) is 24.1 Å². The van der Waals surface area contributed by atoms with Crippen LogP contribution in [0.1, 0.15) is 40.0 Å². The lowest BCUT2D eigenvalue weighted by molar-refractivity contribution is 0.176. The highest BCUT2D eigenvalue weighted by Gasteiger charge is 2.23. The van der Waals surface area contributed by atoms with Crippen molar-refractivity contribution in [2.45, 2.75) is 52.6 Å². The molecule has 0 radical (unpaired) electrons. The first-order valence-corrected chi connectivity index (χ1v) is 8.33. The average Bonchev–Trinajstić information content (AvgIpc) is 2.50. The number of anilines is 1. The van der Waals surface area contributed by atoms with E-state index in [1.54, 1.807) is 10.6 Å². The minimum Gasteiger partial charge on any atom is -0.381 e. The number of hydrogen-bond donors (Lipinski definition) is 1. The molecular formula is C17H29N3O. The normalized spacial score (nSPS) is 18.6. The van der Waals surface area contributed by atoms with Gasteiger partial charge in [-0.15, -0.1) is 0 Å². The summed E-state index contributed by atoms with van der Waals surface area (Å²) < 4.78 is 1.75. The molecule has 1 atom stereocenters. The Hall–Kier alpha value is -1.29. The largest absolute Gasteiger partial charge is 0.381 e. The molecule has 0 aromatic carbocycles. The Kier molecular flexibility index (Phi) is 5.85. The molecule has 0 saturated carbocycles. The van der Waals surface area contributed by atoms with Crippen molar-refractivity contribution in [2.24, 2.45) is 5.92 Å². The molecule has 21 heavy (non-hydrogen) atoms. The van der Waals surface area contributed by atoms with Crippen LogP contribution in [0, 0.1) is 5.92 Å². The maximum absolute atomic E-state index is 11.6. The molecule has 0 amide bonds. The lowest BCUT2D eigenvalue weighted by Gasteiger charge is -2.35. The van der Waals surface area contributed by atoms with Crippen LogP contribution in [0.2, 0.25) is 0 Å². The summed E-state index contributed by atoms with van der Waals surface area (Å²) in [4.78, 5) is 14.2. The van der Waals surface area contributed by atoms with Crippen molar-refractivity contribution in [1.29, 1.82) is 0 Å². The standard InChI is InChI=1S/C17H29N3O/c1-4-10-19-11-8-15(9-12-19)14(3)18-16-6-7-17(21)20(5-2)13-16/h6-7,13-15,18H,4-5,8-12H2,1-3H3. The second-order valence-corrected chi connectivity index (χ2v) is 6.15. The Labute approximate surface area is 128 Å². The molecule has 1 unspecified atom stereocenters. The molecule has 118 valence electrons. The minimum absolute atomic E-state index is 0.0728. The van der Waals surface area contributed by atoms with Gasteiger partial charge in [-0.25, -0.2) is 0 Å². The van der Waals surface area contributed by atoms with Gasteiger partial charge >= 0.3 is 0 Å². The summed E-state index contributed by atoms with van der Waals surface area (Å²) in [6.07, 6.45) is 5.71. The van der Waals surface area contributed by atoms with Crippen LogP contribution in [0.4, 0.5) is 5.69 Å². The summed E-state index contributed by atoms with van der Waals surface area (Å²) in [6, 6.07) is 4.01. The van der Waals surface area contributed by atoms with Crippen molar-refractivity contribution in [3.63, 3.8) is 0 Å². The molecule has 1 aliphatic rings. The summed E-state index contributed by atoms with van der Waals surface area (Å²) in [5.41, 5.74) is 1.13. The summed E-state index contributed by atoms with van der Waals surface area (Å²) in [5.74, 6) is 0.722. The van der Waals surface area contributed by atoms with Crippen LogP contribution in [0.15, 0.2) is 23.1 Å². The Morgan fingerprint density at radius 2 is 2.00 bits per heavy atom. The molecule has 2 heterocycles. The first kappa shape index (κ1) is 16.1. The lowest BCUT2D eigenvalue weighted by Crippen LogP contribution is -2.39. The minimum atomic E-state index is 0.0728. The van der Waals surface area contributed by atoms with E-state index in [0.29, 0.717) is 6.04 Å². The fourth-order valence-corrected chi connectivity index (χ4v) is 3.24. The van der Waals surface area contributed by atoms with Crippen LogP contribution in [0.3, 0.4) is 0 Å². The van der Waals surface area contributed by atoms with E-state index in [1.165, 1.54) is 38.9 Å². The van der Waals surface area contributed by atoms with Crippen LogP contribution in [0.5, 0.6) is 0 Å². The van der Waals surface area contributed by atoms with Gasteiger partial charge in [0.2, 0.25) is 0 Å². The van der Waals surface area contributed by atoms with E-state index in [0.717, 1.165) is 18.2 Å². The van der Waals surface area contributed by atoms with Crippen LogP contribution in [0.25, 0.3) is 0 Å². The Bertz CT molecular complexity index is 489. The van der Waals surface area contributed by atoms with E-state index < -0.39 is 0 Å². The third-order valence-electron chi connectivity index (χ3n) is 4.60. The maximum Gasteiger partial charge on any atom is 0.250 e. The zero-order valence-electron chi connectivity index (χ0n) is 13.6. The molecule has 4 nitrogen and oxygen atoms in total. The number of likely N-dealkylation sites (tertiary alicyclic amines) is 1. The molecule has 0 spiro atoms. The van der Waals surface area contributed by atoms with Crippen molar-refractivity contribution in [1.82, 2.24) is 9.47 Å². The number of pyridine rings is 1. The highest BCUT2D eigenvalue weighted by Crippen LogP contribution is 2.23. The average molecular weight is 291 g/mol. The number of nitrogens with zero attached hydrogens (tertiary/aromatic N) is 2. The zero-order valence-corrected chi connectivity index (χ0v) is 13.6. The third kappa shape index (κ3) is 4.34. The molecule has 1 aliphatic heterocycles. The first-order valence-electron chi connectivity index (χ1n) is 8.33. The monoisotopic (exact) mass is 291 g/mol. The second-order valence-electron chi connectivity index (χ2n) is 6.15. The van der Waals surface area contributed by atoms with Gasteiger partial charge in [0.15, 0.2) is 0 Å². The molecule has 4 heteroatoms. The topological polar surface area (TPSA) is 37.3 Å². The van der Waals surface area contributed by atoms with E-state index in [4.69, 9.17) is 0 Å². The molecule has 1 saturated heterocycles. The van der Waals surface area contributed by atoms with Crippen molar-refractivity contribution in [3.8, 4) is 0 Å². The van der Waals surface area contributed by atoms with Gasteiger partial charge in [-0.2, -0.15) is 0 Å². The summed E-state index contributed by atoms with van der Waals surface area (Å²) in [5, 5.41) is 3.58. The Morgan fingerprint density at radius 3 is 2.62 bits per heavy atom. The van der Waals surface area contributed by atoms with Crippen molar-refractivity contribution in [2.75, 3.05) is 25.0 Å². The maximum atomic E-state index is 11.6. The quantitative estimate of drug-likeness (QED) is 0.875. The number of aromatic nitrogens is 1. The molecule has 1 N–H and O–H groups in total. The van der Waals surface area contributed by atoms with E-state index >= 15 is 0 Å². The van der Waals surface area contributed by atoms with Gasteiger partial charge in [0.25, 0.3) is 5.56 Å². The molecule has 0 aliphatic carbocycles. The van der Waals surface area contributed by atoms with Crippen molar-refractivity contribution >= 4 is 5.69 Å². The fourth-order valence-electron chi connectivity index (χ4n) is 3.24. The van der Waals surface area contributed by atoms with E-state index in [9.17, 15) is 4.79 Å². The predicted octanol–water partition coefficient (Wildman–Crippen LogP) is 2.79. The number of rotatable bonds is 6. The van der Waals surface area contributed by atoms with Gasteiger partial charge in [0.05, 0.1) is 5.69 Å². The van der Waals surface area contributed by atoms with E-state index in [-0.39, 0.29) is 5.56 Å². The van der Waals surface area contributed by atoms with Crippen molar-refractivity contribution in [3.05, 3.63) is 28.7 Å². The van der Waals surface area contributed by atoms with Crippen molar-refractivity contribution < 1.29 is 0 Å². The fraction of sp³-hybridized carbons (Fsp3) is 0.706. The number of piperidine rings is 1. The molecule has 1 aromatic rings. The zero-order chi connectivity index (χ0) is 15.2. The van der Waals surface area contributed by atoms with E-state index in [1.807, 2.05) is 19.2 Å². The number of hydrogen-bond acceptors (Lipinski definition) is 3. The molecule has 1 fully saturated rings.